The summed E-state index contributed by atoms with van der Waals surface area (Å²) in [4.78, 5) is 12.5. The summed E-state index contributed by atoms with van der Waals surface area (Å²) in [6.07, 6.45) is 0.689. The van der Waals surface area contributed by atoms with Gasteiger partial charge < -0.3 is 10.1 Å². The van der Waals surface area contributed by atoms with Crippen LogP contribution in [-0.4, -0.2) is 55.2 Å². The van der Waals surface area contributed by atoms with Crippen molar-refractivity contribution in [2.45, 2.75) is 45.6 Å². The molecule has 1 aromatic heterocycles. The highest BCUT2D eigenvalue weighted by molar-refractivity contribution is 7.89. The van der Waals surface area contributed by atoms with Crippen LogP contribution in [0, 0.1) is 13.8 Å². The molecule has 8 nitrogen and oxygen atoms in total. The van der Waals surface area contributed by atoms with E-state index in [0.29, 0.717) is 37.4 Å². The molecule has 0 aliphatic rings. The fraction of sp³-hybridized carbons (Fsp3) is 0.500. The van der Waals surface area contributed by atoms with Gasteiger partial charge in [0.2, 0.25) is 15.9 Å². The van der Waals surface area contributed by atoms with E-state index in [9.17, 15) is 13.2 Å². The predicted octanol–water partition coefficient (Wildman–Crippen LogP) is 1.90. The molecule has 9 heteroatoms. The van der Waals surface area contributed by atoms with Crippen molar-refractivity contribution < 1.29 is 17.9 Å². The lowest BCUT2D eigenvalue weighted by Gasteiger charge is -2.18. The van der Waals surface area contributed by atoms with E-state index in [1.54, 1.807) is 34.8 Å². The molecule has 2 rings (SSSR count). The summed E-state index contributed by atoms with van der Waals surface area (Å²) in [7, 11) is -2.01. The van der Waals surface area contributed by atoms with Gasteiger partial charge in [-0.05, 0) is 38.0 Å². The van der Waals surface area contributed by atoms with Gasteiger partial charge in [-0.3, -0.25) is 9.48 Å². The number of aryl methyl sites for hydroxylation is 1. The maximum Gasteiger partial charge on any atom is 0.246 e. The van der Waals surface area contributed by atoms with Gasteiger partial charge in [0.1, 0.15) is 17.2 Å². The molecule has 1 amide bonds. The standard InChI is InChI=1S/C20H30N4O4S/c1-6-23(7-2)29(26,27)20-15(3)22-24(16(20)4)14-19(25)21-13-12-17-8-10-18(28-5)11-9-17/h8-11H,6-7,12-14H2,1-5H3,(H,21,25). The zero-order valence-electron chi connectivity index (χ0n) is 17.7. The number of rotatable bonds is 10. The molecule has 1 N–H and O–H groups in total. The van der Waals surface area contributed by atoms with Crippen LogP contribution in [0.2, 0.25) is 0 Å². The first-order valence-electron chi connectivity index (χ1n) is 9.68. The first kappa shape index (κ1) is 22.9. The van der Waals surface area contributed by atoms with Crippen LogP contribution in [0.5, 0.6) is 5.75 Å². The first-order valence-corrected chi connectivity index (χ1v) is 11.1. The maximum atomic E-state index is 12.9. The van der Waals surface area contributed by atoms with Crippen molar-refractivity contribution in [3.8, 4) is 5.75 Å². The second-order valence-corrected chi connectivity index (χ2v) is 8.57. The van der Waals surface area contributed by atoms with Crippen molar-refractivity contribution >= 4 is 15.9 Å². The molecule has 0 radical (unpaired) electrons. The molecule has 0 aliphatic carbocycles. The van der Waals surface area contributed by atoms with Crippen molar-refractivity contribution in [1.29, 1.82) is 0 Å². The summed E-state index contributed by atoms with van der Waals surface area (Å²) >= 11 is 0. The highest BCUT2D eigenvalue weighted by atomic mass is 32.2. The number of amides is 1. The van der Waals surface area contributed by atoms with Crippen LogP contribution in [0.4, 0.5) is 0 Å². The van der Waals surface area contributed by atoms with Gasteiger partial charge in [0.05, 0.1) is 18.5 Å². The van der Waals surface area contributed by atoms with Crippen molar-refractivity contribution in [3.63, 3.8) is 0 Å². The molecule has 0 fully saturated rings. The smallest absolute Gasteiger partial charge is 0.246 e. The van der Waals surface area contributed by atoms with E-state index in [0.717, 1.165) is 11.3 Å². The molecule has 2 aromatic rings. The van der Waals surface area contributed by atoms with E-state index >= 15 is 0 Å². The minimum absolute atomic E-state index is 0.0247. The lowest BCUT2D eigenvalue weighted by atomic mass is 10.1. The largest absolute Gasteiger partial charge is 0.497 e. The molecule has 0 spiro atoms. The minimum Gasteiger partial charge on any atom is -0.497 e. The molecule has 0 atom stereocenters. The van der Waals surface area contributed by atoms with Gasteiger partial charge in [0, 0.05) is 19.6 Å². The number of hydrogen-bond acceptors (Lipinski definition) is 5. The first-order chi connectivity index (χ1) is 13.7. The van der Waals surface area contributed by atoms with E-state index in [4.69, 9.17) is 4.74 Å². The maximum absolute atomic E-state index is 12.9. The molecule has 160 valence electrons. The third-order valence-corrected chi connectivity index (χ3v) is 7.11. The van der Waals surface area contributed by atoms with E-state index in [1.165, 1.54) is 8.99 Å². The lowest BCUT2D eigenvalue weighted by molar-refractivity contribution is -0.121. The number of hydrogen-bond donors (Lipinski definition) is 1. The average Bonchev–Trinajstić information content (AvgIpc) is 2.96. The number of methoxy groups -OCH3 is 1. The molecule has 0 bridgehead atoms. The summed E-state index contributed by atoms with van der Waals surface area (Å²) in [6, 6.07) is 7.67. The summed E-state index contributed by atoms with van der Waals surface area (Å²) < 4.78 is 33.7. The van der Waals surface area contributed by atoms with E-state index in [-0.39, 0.29) is 17.3 Å². The number of benzene rings is 1. The van der Waals surface area contributed by atoms with Crippen LogP contribution in [0.25, 0.3) is 0 Å². The van der Waals surface area contributed by atoms with Gasteiger partial charge >= 0.3 is 0 Å². The Hall–Kier alpha value is -2.39. The van der Waals surface area contributed by atoms with E-state index in [1.807, 2.05) is 24.3 Å². The monoisotopic (exact) mass is 422 g/mol. The Bertz CT molecular complexity index is 932. The van der Waals surface area contributed by atoms with Gasteiger partial charge in [-0.1, -0.05) is 26.0 Å². The highest BCUT2D eigenvalue weighted by Crippen LogP contribution is 2.23. The van der Waals surface area contributed by atoms with Crippen molar-refractivity contribution in [1.82, 2.24) is 19.4 Å². The zero-order valence-corrected chi connectivity index (χ0v) is 18.5. The Morgan fingerprint density at radius 3 is 2.34 bits per heavy atom. The van der Waals surface area contributed by atoms with Gasteiger partial charge in [-0.15, -0.1) is 0 Å². The minimum atomic E-state index is -3.63. The Morgan fingerprint density at radius 2 is 1.79 bits per heavy atom. The predicted molar refractivity (Wildman–Crippen MR) is 112 cm³/mol. The fourth-order valence-electron chi connectivity index (χ4n) is 3.23. The summed E-state index contributed by atoms with van der Waals surface area (Å²) in [5.74, 6) is 0.577. The van der Waals surface area contributed by atoms with E-state index in [2.05, 4.69) is 10.4 Å². The highest BCUT2D eigenvalue weighted by Gasteiger charge is 2.29. The quantitative estimate of drug-likeness (QED) is 0.631. The Balaban J connectivity index is 2.02. The number of nitrogens with zero attached hydrogens (tertiary/aromatic N) is 3. The molecule has 0 aliphatic heterocycles. The Labute approximate surface area is 172 Å². The molecule has 0 saturated heterocycles. The number of carbonyl (C=O) groups is 1. The van der Waals surface area contributed by atoms with Gasteiger partial charge in [0.15, 0.2) is 0 Å². The van der Waals surface area contributed by atoms with Gasteiger partial charge in [0.25, 0.3) is 0 Å². The van der Waals surface area contributed by atoms with Gasteiger partial charge in [-0.25, -0.2) is 8.42 Å². The molecule has 1 aromatic carbocycles. The second-order valence-electron chi connectivity index (χ2n) is 6.69. The van der Waals surface area contributed by atoms with Crippen LogP contribution in [0.3, 0.4) is 0 Å². The fourth-order valence-corrected chi connectivity index (χ4v) is 5.06. The van der Waals surface area contributed by atoms with Crippen LogP contribution in [0.15, 0.2) is 29.2 Å². The zero-order chi connectivity index (χ0) is 21.6. The van der Waals surface area contributed by atoms with Crippen molar-refractivity contribution in [3.05, 3.63) is 41.2 Å². The third kappa shape index (κ3) is 5.36. The number of nitrogens with one attached hydrogen (secondary N) is 1. The van der Waals surface area contributed by atoms with Crippen molar-refractivity contribution in [2.75, 3.05) is 26.7 Å². The van der Waals surface area contributed by atoms with Crippen LogP contribution in [-0.2, 0) is 27.8 Å². The van der Waals surface area contributed by atoms with Gasteiger partial charge in [-0.2, -0.15) is 9.40 Å². The van der Waals surface area contributed by atoms with Crippen molar-refractivity contribution in [2.24, 2.45) is 0 Å². The number of aromatic nitrogens is 2. The number of ether oxygens (including phenoxy) is 1. The third-order valence-electron chi connectivity index (χ3n) is 4.81. The lowest BCUT2D eigenvalue weighted by Crippen LogP contribution is -2.32. The number of sulfonamides is 1. The average molecular weight is 423 g/mol. The summed E-state index contributed by atoms with van der Waals surface area (Å²) in [5.41, 5.74) is 1.96. The Kier molecular flexibility index (Phi) is 7.80. The van der Waals surface area contributed by atoms with Crippen LogP contribution >= 0.6 is 0 Å². The number of carbonyl (C=O) groups excluding carboxylic acids is 1. The van der Waals surface area contributed by atoms with E-state index < -0.39 is 10.0 Å². The molecule has 1 heterocycles. The SMILES string of the molecule is CCN(CC)S(=O)(=O)c1c(C)nn(CC(=O)NCCc2ccc(OC)cc2)c1C. The van der Waals surface area contributed by atoms with Crippen LogP contribution in [0.1, 0.15) is 30.8 Å². The normalized spacial score (nSPS) is 11.7. The summed E-state index contributed by atoms with van der Waals surface area (Å²) in [5, 5.41) is 7.15. The topological polar surface area (TPSA) is 93.5 Å². The molecule has 0 saturated carbocycles. The molecule has 29 heavy (non-hydrogen) atoms. The summed E-state index contributed by atoms with van der Waals surface area (Å²) in [6.45, 7) is 8.16. The molecule has 0 unspecified atom stereocenters. The van der Waals surface area contributed by atoms with Crippen LogP contribution < -0.4 is 10.1 Å². The second kappa shape index (κ2) is 9.89. The Morgan fingerprint density at radius 1 is 1.17 bits per heavy atom. The molecular weight excluding hydrogens is 392 g/mol. The molecular formula is C20H30N4O4S.